The van der Waals surface area contributed by atoms with Crippen molar-refractivity contribution in [2.24, 2.45) is 5.92 Å². The second-order valence-corrected chi connectivity index (χ2v) is 7.16. The maximum atomic E-state index is 12.8. The predicted octanol–water partition coefficient (Wildman–Crippen LogP) is 2.43. The molecular formula is C19H26F3N5O4. The van der Waals surface area contributed by atoms with Crippen LogP contribution in [0.25, 0.3) is 0 Å². The highest BCUT2D eigenvalue weighted by Crippen LogP contribution is 2.19. The number of imidazole rings is 1. The molecule has 0 aromatic carbocycles. The highest BCUT2D eigenvalue weighted by molar-refractivity contribution is 5.92. The second kappa shape index (κ2) is 10.4. The molecule has 1 atom stereocenters. The van der Waals surface area contributed by atoms with Crippen molar-refractivity contribution in [1.29, 1.82) is 0 Å². The van der Waals surface area contributed by atoms with Crippen molar-refractivity contribution in [3.8, 4) is 0 Å². The highest BCUT2D eigenvalue weighted by atomic mass is 19.4. The van der Waals surface area contributed by atoms with Crippen molar-refractivity contribution in [2.75, 3.05) is 26.2 Å². The van der Waals surface area contributed by atoms with Crippen LogP contribution >= 0.6 is 0 Å². The van der Waals surface area contributed by atoms with E-state index in [1.54, 1.807) is 19.2 Å². The van der Waals surface area contributed by atoms with Gasteiger partial charge in [-0.15, -0.1) is 0 Å². The predicted molar refractivity (Wildman–Crippen MR) is 103 cm³/mol. The molecule has 0 fully saturated rings. The number of carboxylic acid groups (broad SMARTS) is 1. The average molecular weight is 445 g/mol. The van der Waals surface area contributed by atoms with Crippen LogP contribution in [-0.4, -0.2) is 73.8 Å². The first kappa shape index (κ1) is 24.4. The number of aromatic nitrogens is 3. The fourth-order valence-corrected chi connectivity index (χ4v) is 3.29. The maximum absolute atomic E-state index is 12.8. The van der Waals surface area contributed by atoms with Crippen molar-refractivity contribution in [3.05, 3.63) is 35.7 Å². The van der Waals surface area contributed by atoms with Crippen LogP contribution in [0, 0.1) is 12.8 Å². The number of aliphatic carboxylic acids is 1. The third kappa shape index (κ3) is 6.81. The summed E-state index contributed by atoms with van der Waals surface area (Å²) < 4.78 is 39.0. The van der Waals surface area contributed by atoms with E-state index in [9.17, 15) is 18.0 Å². The molecular weight excluding hydrogens is 419 g/mol. The molecule has 3 heterocycles. The van der Waals surface area contributed by atoms with E-state index in [0.29, 0.717) is 30.5 Å². The molecule has 1 amide bonds. The van der Waals surface area contributed by atoms with Gasteiger partial charge < -0.3 is 24.0 Å². The van der Waals surface area contributed by atoms with Crippen LogP contribution < -0.4 is 0 Å². The molecule has 0 aliphatic carbocycles. The Kier molecular flexibility index (Phi) is 8.20. The number of alkyl halides is 3. The molecule has 0 spiro atoms. The minimum absolute atomic E-state index is 0.0900. The van der Waals surface area contributed by atoms with Gasteiger partial charge in [0.1, 0.15) is 11.6 Å². The van der Waals surface area contributed by atoms with Crippen molar-refractivity contribution < 1.29 is 32.4 Å². The first-order valence-electron chi connectivity index (χ1n) is 9.80. The van der Waals surface area contributed by atoms with E-state index < -0.39 is 12.1 Å². The molecule has 3 rings (SSSR count). The Morgan fingerprint density at radius 1 is 1.29 bits per heavy atom. The summed E-state index contributed by atoms with van der Waals surface area (Å²) in [6.45, 7) is 11.2. The second-order valence-electron chi connectivity index (χ2n) is 7.16. The van der Waals surface area contributed by atoms with E-state index in [0.717, 1.165) is 32.0 Å². The summed E-state index contributed by atoms with van der Waals surface area (Å²) in [5.41, 5.74) is 0.370. The van der Waals surface area contributed by atoms with Crippen LogP contribution in [0.4, 0.5) is 13.2 Å². The number of fused-ring (bicyclic) bond motifs is 1. The van der Waals surface area contributed by atoms with Gasteiger partial charge in [0, 0.05) is 44.0 Å². The Morgan fingerprint density at radius 2 is 1.94 bits per heavy atom. The molecule has 2 aromatic heterocycles. The number of nitrogens with zero attached hydrogens (tertiary/aromatic N) is 5. The summed E-state index contributed by atoms with van der Waals surface area (Å²) in [6, 6.07) is 1.69. The minimum atomic E-state index is -5.08. The molecule has 9 nitrogen and oxygen atoms in total. The summed E-state index contributed by atoms with van der Waals surface area (Å²) >= 11 is 0. The first-order chi connectivity index (χ1) is 14.5. The normalized spacial score (nSPS) is 16.4. The largest absolute Gasteiger partial charge is 0.490 e. The molecule has 2 aromatic rings. The molecule has 0 radical (unpaired) electrons. The van der Waals surface area contributed by atoms with Gasteiger partial charge in [-0.05, 0) is 20.0 Å². The van der Waals surface area contributed by atoms with Crippen molar-refractivity contribution in [3.63, 3.8) is 0 Å². The Bertz CT molecular complexity index is 876. The smallest absolute Gasteiger partial charge is 0.475 e. The number of halogens is 3. The zero-order valence-corrected chi connectivity index (χ0v) is 17.6. The van der Waals surface area contributed by atoms with Gasteiger partial charge in [0.05, 0.1) is 6.54 Å². The average Bonchev–Trinajstić information content (AvgIpc) is 3.29. The van der Waals surface area contributed by atoms with Gasteiger partial charge >= 0.3 is 12.1 Å². The fraction of sp³-hybridized carbons (Fsp3) is 0.579. The molecule has 0 saturated heterocycles. The van der Waals surface area contributed by atoms with E-state index in [4.69, 9.17) is 14.4 Å². The molecule has 1 N–H and O–H groups in total. The van der Waals surface area contributed by atoms with E-state index in [1.807, 2.05) is 11.1 Å². The molecule has 0 saturated carbocycles. The Balaban J connectivity index is 0.000000423. The summed E-state index contributed by atoms with van der Waals surface area (Å²) in [7, 11) is 0. The number of aryl methyl sites for hydroxylation is 1. The lowest BCUT2D eigenvalue weighted by Gasteiger charge is -2.27. The third-order valence-electron chi connectivity index (χ3n) is 4.86. The number of amides is 1. The van der Waals surface area contributed by atoms with E-state index in [2.05, 4.69) is 33.5 Å². The van der Waals surface area contributed by atoms with Crippen molar-refractivity contribution >= 4 is 11.9 Å². The molecule has 0 bridgehead atoms. The third-order valence-corrected chi connectivity index (χ3v) is 4.86. The van der Waals surface area contributed by atoms with Crippen LogP contribution in [0.15, 0.2) is 23.0 Å². The quantitative estimate of drug-likeness (QED) is 0.754. The Morgan fingerprint density at radius 3 is 2.45 bits per heavy atom. The monoisotopic (exact) mass is 445 g/mol. The van der Waals surface area contributed by atoms with Gasteiger partial charge in [0.25, 0.3) is 5.91 Å². The number of carbonyl (C=O) groups excluding carboxylic acids is 1. The van der Waals surface area contributed by atoms with Gasteiger partial charge in [0.2, 0.25) is 0 Å². The van der Waals surface area contributed by atoms with Gasteiger partial charge in [-0.1, -0.05) is 19.0 Å². The van der Waals surface area contributed by atoms with Crippen molar-refractivity contribution in [1.82, 2.24) is 24.5 Å². The summed E-state index contributed by atoms with van der Waals surface area (Å²) in [6.07, 6.45) is -1.28. The van der Waals surface area contributed by atoms with Gasteiger partial charge in [0.15, 0.2) is 5.69 Å². The zero-order chi connectivity index (χ0) is 23.2. The van der Waals surface area contributed by atoms with E-state index in [-0.39, 0.29) is 5.91 Å². The lowest BCUT2D eigenvalue weighted by molar-refractivity contribution is -0.192. The Hall–Kier alpha value is -2.89. The van der Waals surface area contributed by atoms with Crippen LogP contribution in [0.5, 0.6) is 0 Å². The van der Waals surface area contributed by atoms with Crippen molar-refractivity contribution in [2.45, 2.75) is 40.0 Å². The summed E-state index contributed by atoms with van der Waals surface area (Å²) in [5, 5.41) is 11.0. The summed E-state index contributed by atoms with van der Waals surface area (Å²) in [4.78, 5) is 30.4. The highest BCUT2D eigenvalue weighted by Gasteiger charge is 2.38. The van der Waals surface area contributed by atoms with Gasteiger partial charge in [-0.3, -0.25) is 4.79 Å². The molecule has 31 heavy (non-hydrogen) atoms. The summed E-state index contributed by atoms with van der Waals surface area (Å²) in [5.74, 6) is -0.919. The van der Waals surface area contributed by atoms with E-state index in [1.165, 1.54) is 0 Å². The SMILES string of the molecule is CCN(CC)CC1CN(C(=O)c2cc(C)on2)Cc2nccn2C1.O=C(O)C(F)(F)F. The number of hydrogen-bond acceptors (Lipinski definition) is 6. The number of hydrogen-bond donors (Lipinski definition) is 1. The molecule has 1 unspecified atom stereocenters. The van der Waals surface area contributed by atoms with Crippen LogP contribution in [0.3, 0.4) is 0 Å². The van der Waals surface area contributed by atoms with Crippen LogP contribution in [-0.2, 0) is 17.9 Å². The maximum Gasteiger partial charge on any atom is 0.490 e. The molecule has 1 aliphatic heterocycles. The fourth-order valence-electron chi connectivity index (χ4n) is 3.29. The van der Waals surface area contributed by atoms with E-state index >= 15 is 0 Å². The standard InChI is InChI=1S/C17H25N5O2.C2HF3O2/c1-4-20(5-2)9-14-10-21-7-6-18-16(21)12-22(11-14)17(23)15-8-13(3)24-19-15;3-2(4,5)1(6)7/h6-8,14H,4-5,9-12H2,1-3H3;(H,6,7). The minimum Gasteiger partial charge on any atom is -0.475 e. The van der Waals surface area contributed by atoms with Gasteiger partial charge in [-0.2, -0.15) is 13.2 Å². The van der Waals surface area contributed by atoms with Gasteiger partial charge in [-0.25, -0.2) is 9.78 Å². The first-order valence-corrected chi connectivity index (χ1v) is 9.80. The molecule has 1 aliphatic rings. The molecule has 172 valence electrons. The number of carboxylic acids is 1. The topological polar surface area (TPSA) is 105 Å². The zero-order valence-electron chi connectivity index (χ0n) is 17.6. The lowest BCUT2D eigenvalue weighted by Crippen LogP contribution is -2.39. The van der Waals surface area contributed by atoms with Crippen LogP contribution in [0.1, 0.15) is 35.9 Å². The van der Waals surface area contributed by atoms with Crippen LogP contribution in [0.2, 0.25) is 0 Å². The Labute approximate surface area is 177 Å². The molecule has 12 heteroatoms. The number of carbonyl (C=O) groups is 2. The lowest BCUT2D eigenvalue weighted by atomic mass is 10.1. The number of rotatable bonds is 5.